The molecule has 168 valence electrons. The van der Waals surface area contributed by atoms with Gasteiger partial charge in [0.1, 0.15) is 6.04 Å². The zero-order valence-corrected chi connectivity index (χ0v) is 18.8. The highest BCUT2D eigenvalue weighted by atomic mass is 35.5. The predicted molar refractivity (Wildman–Crippen MR) is 130 cm³/mol. The molecule has 0 aliphatic rings. The molecule has 0 aliphatic heterocycles. The van der Waals surface area contributed by atoms with E-state index in [1.54, 1.807) is 30.5 Å². The number of hydrogen-bond donors (Lipinski definition) is 3. The number of hydrogen-bond acceptors (Lipinski definition) is 3. The third kappa shape index (κ3) is 6.20. The second-order valence-corrected chi connectivity index (χ2v) is 8.35. The first-order valence-electron chi connectivity index (χ1n) is 10.9. The van der Waals surface area contributed by atoms with Gasteiger partial charge in [0.2, 0.25) is 5.91 Å². The number of amides is 2. The van der Waals surface area contributed by atoms with Crippen LogP contribution in [-0.2, 0) is 17.6 Å². The molecule has 6 nitrogen and oxygen atoms in total. The van der Waals surface area contributed by atoms with Crippen molar-refractivity contribution >= 4 is 34.3 Å². The molecule has 0 spiro atoms. The fourth-order valence-corrected chi connectivity index (χ4v) is 3.78. The average Bonchev–Trinajstić information content (AvgIpc) is 3.31. The quantitative estimate of drug-likeness (QED) is 0.325. The molecule has 1 aromatic heterocycles. The number of fused-ring (bicyclic) bond motifs is 1. The summed E-state index contributed by atoms with van der Waals surface area (Å²) in [6.07, 6.45) is 3.75. The van der Waals surface area contributed by atoms with Crippen LogP contribution in [0.15, 0.2) is 79.0 Å². The van der Waals surface area contributed by atoms with Crippen LogP contribution in [0.1, 0.15) is 27.9 Å². The number of aromatic amines is 1. The van der Waals surface area contributed by atoms with Gasteiger partial charge >= 0.3 is 0 Å². The van der Waals surface area contributed by atoms with E-state index >= 15 is 0 Å². The lowest BCUT2D eigenvalue weighted by atomic mass is 10.0. The summed E-state index contributed by atoms with van der Waals surface area (Å²) in [6.45, 7) is 0.529. The van der Waals surface area contributed by atoms with E-state index in [1.807, 2.05) is 36.4 Å². The lowest BCUT2D eigenvalue weighted by molar-refractivity contribution is -0.122. The summed E-state index contributed by atoms with van der Waals surface area (Å²) in [6, 6.07) is 22.0. The Morgan fingerprint density at radius 3 is 2.55 bits per heavy atom. The third-order valence-electron chi connectivity index (χ3n) is 5.46. The van der Waals surface area contributed by atoms with Crippen molar-refractivity contribution in [1.82, 2.24) is 20.8 Å². The second kappa shape index (κ2) is 10.8. The first-order valence-corrected chi connectivity index (χ1v) is 11.3. The fraction of sp³-hybridized carbons (Fsp3) is 0.192. The number of rotatable bonds is 9. The summed E-state index contributed by atoms with van der Waals surface area (Å²) >= 11 is 5.99. The Morgan fingerprint density at radius 2 is 1.76 bits per heavy atom. The lowest BCUT2D eigenvalue weighted by Crippen LogP contribution is -2.48. The van der Waals surface area contributed by atoms with Gasteiger partial charge in [-0.15, -0.1) is 0 Å². The Kier molecular flexibility index (Phi) is 7.37. The van der Waals surface area contributed by atoms with Gasteiger partial charge in [-0.25, -0.2) is 0 Å². The summed E-state index contributed by atoms with van der Waals surface area (Å²) in [5.74, 6) is -0.529. The molecular weight excluding hydrogens is 436 g/mol. The van der Waals surface area contributed by atoms with Gasteiger partial charge in [0.25, 0.3) is 5.91 Å². The van der Waals surface area contributed by atoms with E-state index in [-0.39, 0.29) is 11.8 Å². The van der Waals surface area contributed by atoms with E-state index in [2.05, 4.69) is 33.0 Å². The van der Waals surface area contributed by atoms with Gasteiger partial charge in [-0.2, -0.15) is 5.10 Å². The van der Waals surface area contributed by atoms with E-state index in [4.69, 9.17) is 11.6 Å². The molecule has 0 saturated carbocycles. The number of aryl methyl sites for hydroxylation is 1. The molecule has 1 heterocycles. The number of H-pyrrole nitrogens is 1. The number of carbonyl (C=O) groups is 2. The Labute approximate surface area is 197 Å². The van der Waals surface area contributed by atoms with Gasteiger partial charge in [0.15, 0.2) is 0 Å². The Balaban J connectivity index is 1.41. The van der Waals surface area contributed by atoms with Crippen LogP contribution in [-0.4, -0.2) is 34.6 Å². The van der Waals surface area contributed by atoms with E-state index < -0.39 is 6.04 Å². The van der Waals surface area contributed by atoms with Crippen LogP contribution >= 0.6 is 11.6 Å². The van der Waals surface area contributed by atoms with Gasteiger partial charge in [-0.1, -0.05) is 60.1 Å². The molecule has 0 radical (unpaired) electrons. The van der Waals surface area contributed by atoms with Crippen molar-refractivity contribution in [2.75, 3.05) is 6.54 Å². The van der Waals surface area contributed by atoms with Crippen molar-refractivity contribution in [2.45, 2.75) is 25.3 Å². The van der Waals surface area contributed by atoms with E-state index in [1.165, 1.54) is 5.56 Å². The number of nitrogens with zero attached hydrogens (tertiary/aromatic N) is 1. The van der Waals surface area contributed by atoms with Crippen molar-refractivity contribution < 1.29 is 9.59 Å². The monoisotopic (exact) mass is 460 g/mol. The van der Waals surface area contributed by atoms with Gasteiger partial charge < -0.3 is 10.6 Å². The van der Waals surface area contributed by atoms with Crippen molar-refractivity contribution in [3.63, 3.8) is 0 Å². The minimum Gasteiger partial charge on any atom is -0.354 e. The Hall–Kier alpha value is -3.64. The second-order valence-electron chi connectivity index (χ2n) is 7.91. The van der Waals surface area contributed by atoms with E-state index in [0.29, 0.717) is 23.6 Å². The van der Waals surface area contributed by atoms with E-state index in [9.17, 15) is 9.59 Å². The number of benzene rings is 3. The molecule has 0 bridgehead atoms. The number of aromatic nitrogens is 2. The van der Waals surface area contributed by atoms with Crippen molar-refractivity contribution in [3.05, 3.63) is 101 Å². The summed E-state index contributed by atoms with van der Waals surface area (Å²) in [5, 5.41) is 14.3. The van der Waals surface area contributed by atoms with Crippen LogP contribution in [0.2, 0.25) is 5.02 Å². The number of halogens is 1. The van der Waals surface area contributed by atoms with Crippen LogP contribution in [0.5, 0.6) is 0 Å². The maximum atomic E-state index is 13.0. The lowest BCUT2D eigenvalue weighted by Gasteiger charge is -2.19. The minimum absolute atomic E-state index is 0.214. The molecule has 1 unspecified atom stereocenters. The van der Waals surface area contributed by atoms with Crippen LogP contribution < -0.4 is 10.6 Å². The standard InChI is InChI=1S/C26H25ClN4O2/c27-22-12-8-19(9-13-22)15-24(26(33)28-14-4-7-18-5-2-1-3-6-18)30-25(32)20-10-11-21-17-29-31-23(21)16-20/h1-3,5-6,8-13,16-17,24H,4,7,14-15H2,(H,28,33)(H,29,31)(H,30,32). The Bertz CT molecular complexity index is 1220. The highest BCUT2D eigenvalue weighted by Gasteiger charge is 2.22. The van der Waals surface area contributed by atoms with Gasteiger partial charge in [-0.05, 0) is 48.2 Å². The zero-order valence-electron chi connectivity index (χ0n) is 18.1. The largest absolute Gasteiger partial charge is 0.354 e. The number of nitrogens with one attached hydrogen (secondary N) is 3. The highest BCUT2D eigenvalue weighted by molar-refractivity contribution is 6.30. The van der Waals surface area contributed by atoms with Crippen LogP contribution in [0, 0.1) is 0 Å². The molecule has 4 aromatic rings. The minimum atomic E-state index is -0.715. The third-order valence-corrected chi connectivity index (χ3v) is 5.72. The average molecular weight is 461 g/mol. The summed E-state index contributed by atoms with van der Waals surface area (Å²) in [7, 11) is 0. The number of carbonyl (C=O) groups excluding carboxylic acids is 2. The Morgan fingerprint density at radius 1 is 0.970 bits per heavy atom. The molecule has 33 heavy (non-hydrogen) atoms. The molecule has 7 heteroatoms. The van der Waals surface area contributed by atoms with Crippen LogP contribution in [0.3, 0.4) is 0 Å². The first-order chi connectivity index (χ1) is 16.1. The SMILES string of the molecule is O=C(NC(Cc1ccc(Cl)cc1)C(=O)NCCCc1ccccc1)c1ccc2cn[nH]c2c1. The van der Waals surface area contributed by atoms with E-state index in [0.717, 1.165) is 29.3 Å². The molecule has 0 fully saturated rings. The molecule has 3 aromatic carbocycles. The van der Waals surface area contributed by atoms with Gasteiger partial charge in [0.05, 0.1) is 11.7 Å². The van der Waals surface area contributed by atoms with Crippen molar-refractivity contribution in [1.29, 1.82) is 0 Å². The maximum absolute atomic E-state index is 13.0. The fourth-order valence-electron chi connectivity index (χ4n) is 3.66. The van der Waals surface area contributed by atoms with Crippen molar-refractivity contribution in [3.8, 4) is 0 Å². The molecule has 1 atom stereocenters. The molecule has 4 rings (SSSR count). The smallest absolute Gasteiger partial charge is 0.252 e. The normalized spacial score (nSPS) is 11.8. The molecular formula is C26H25ClN4O2. The predicted octanol–water partition coefficient (Wildman–Crippen LogP) is 4.31. The summed E-state index contributed by atoms with van der Waals surface area (Å²) in [4.78, 5) is 25.9. The highest BCUT2D eigenvalue weighted by Crippen LogP contribution is 2.14. The van der Waals surface area contributed by atoms with Gasteiger partial charge in [-0.3, -0.25) is 14.7 Å². The molecule has 2 amide bonds. The summed E-state index contributed by atoms with van der Waals surface area (Å²) < 4.78 is 0. The maximum Gasteiger partial charge on any atom is 0.252 e. The van der Waals surface area contributed by atoms with Crippen LogP contribution in [0.4, 0.5) is 0 Å². The topological polar surface area (TPSA) is 86.9 Å². The van der Waals surface area contributed by atoms with Gasteiger partial charge in [0, 0.05) is 28.9 Å². The molecule has 0 saturated heterocycles. The van der Waals surface area contributed by atoms with Crippen LogP contribution in [0.25, 0.3) is 10.9 Å². The molecule has 0 aliphatic carbocycles. The first kappa shape index (κ1) is 22.6. The molecule has 3 N–H and O–H groups in total. The summed E-state index contributed by atoms with van der Waals surface area (Å²) in [5.41, 5.74) is 3.37. The van der Waals surface area contributed by atoms with Crippen molar-refractivity contribution in [2.24, 2.45) is 0 Å². The zero-order chi connectivity index (χ0) is 23.0.